The molecule has 9 heteroatoms. The number of hydrogen-bond acceptors (Lipinski definition) is 9. The summed E-state index contributed by atoms with van der Waals surface area (Å²) in [6, 6.07) is 0. The molecule has 0 aromatic heterocycles. The molecule has 0 aliphatic carbocycles. The molecule has 9 nitrogen and oxygen atoms in total. The SMILES string of the molecule is CCC(C(=O)OCC1CO1)(C(=O)OCC1CO1)C(=O)OCC1CO1. The summed E-state index contributed by atoms with van der Waals surface area (Å²) >= 11 is 0. The minimum Gasteiger partial charge on any atom is -0.462 e. The maximum atomic E-state index is 12.5. The average Bonchev–Trinajstić information content (AvgIpc) is 3.43. The quantitative estimate of drug-likeness (QED) is 0.217. The molecular formula is C15H20O9. The Morgan fingerprint density at radius 1 is 0.792 bits per heavy atom. The first-order valence-electron chi connectivity index (χ1n) is 7.92. The summed E-state index contributed by atoms with van der Waals surface area (Å²) < 4.78 is 30.1. The van der Waals surface area contributed by atoms with E-state index >= 15 is 0 Å². The van der Waals surface area contributed by atoms with Gasteiger partial charge in [-0.2, -0.15) is 0 Å². The molecule has 3 heterocycles. The summed E-state index contributed by atoms with van der Waals surface area (Å²) in [5, 5.41) is 0. The van der Waals surface area contributed by atoms with Crippen molar-refractivity contribution in [3.05, 3.63) is 0 Å². The highest BCUT2D eigenvalue weighted by Gasteiger charge is 2.57. The summed E-state index contributed by atoms with van der Waals surface area (Å²) in [5.41, 5.74) is -2.14. The van der Waals surface area contributed by atoms with Crippen LogP contribution in [0.2, 0.25) is 0 Å². The van der Waals surface area contributed by atoms with Crippen LogP contribution in [0.25, 0.3) is 0 Å². The van der Waals surface area contributed by atoms with Crippen molar-refractivity contribution < 1.29 is 42.8 Å². The second-order valence-corrected chi connectivity index (χ2v) is 5.92. The van der Waals surface area contributed by atoms with Crippen LogP contribution < -0.4 is 0 Å². The number of esters is 3. The third-order valence-corrected chi connectivity index (χ3v) is 3.98. The molecule has 134 valence electrons. The summed E-state index contributed by atoms with van der Waals surface area (Å²) in [6.07, 6.45) is -0.688. The first-order valence-corrected chi connectivity index (χ1v) is 7.92. The lowest BCUT2D eigenvalue weighted by molar-refractivity contribution is -0.185. The topological polar surface area (TPSA) is 116 Å². The van der Waals surface area contributed by atoms with Crippen LogP contribution in [0.5, 0.6) is 0 Å². The van der Waals surface area contributed by atoms with Crippen LogP contribution in [0.1, 0.15) is 13.3 Å². The highest BCUT2D eigenvalue weighted by molar-refractivity contribution is 6.17. The monoisotopic (exact) mass is 344 g/mol. The van der Waals surface area contributed by atoms with Gasteiger partial charge >= 0.3 is 17.9 Å². The van der Waals surface area contributed by atoms with Crippen molar-refractivity contribution in [3.8, 4) is 0 Å². The molecule has 0 bridgehead atoms. The first-order chi connectivity index (χ1) is 11.6. The van der Waals surface area contributed by atoms with Gasteiger partial charge in [0.2, 0.25) is 0 Å². The number of rotatable bonds is 10. The largest absolute Gasteiger partial charge is 0.462 e. The Bertz CT molecular complexity index is 436. The van der Waals surface area contributed by atoms with Crippen molar-refractivity contribution in [2.45, 2.75) is 31.7 Å². The molecule has 3 unspecified atom stereocenters. The van der Waals surface area contributed by atoms with E-state index in [9.17, 15) is 14.4 Å². The highest BCUT2D eigenvalue weighted by Crippen LogP contribution is 2.30. The van der Waals surface area contributed by atoms with Gasteiger partial charge in [0, 0.05) is 0 Å². The molecule has 0 N–H and O–H groups in total. The van der Waals surface area contributed by atoms with Crippen molar-refractivity contribution in [1.82, 2.24) is 0 Å². The molecule has 3 rings (SSSR count). The van der Waals surface area contributed by atoms with Crippen LogP contribution in [0.3, 0.4) is 0 Å². The van der Waals surface area contributed by atoms with Crippen molar-refractivity contribution in [2.24, 2.45) is 5.41 Å². The Balaban J connectivity index is 1.67. The molecule has 3 fully saturated rings. The lowest BCUT2D eigenvalue weighted by Crippen LogP contribution is -2.49. The summed E-state index contributed by atoms with van der Waals surface area (Å²) in [4.78, 5) is 37.5. The van der Waals surface area contributed by atoms with Gasteiger partial charge in [0.25, 0.3) is 5.41 Å². The van der Waals surface area contributed by atoms with E-state index in [4.69, 9.17) is 28.4 Å². The lowest BCUT2D eigenvalue weighted by Gasteiger charge is -2.26. The molecule has 3 aliphatic rings. The fourth-order valence-electron chi connectivity index (χ4n) is 2.05. The predicted octanol–water partition coefficient (Wildman–Crippen LogP) is -0.791. The van der Waals surface area contributed by atoms with Gasteiger partial charge in [0.1, 0.15) is 38.1 Å². The smallest absolute Gasteiger partial charge is 0.335 e. The molecule has 24 heavy (non-hydrogen) atoms. The minimum absolute atomic E-state index is 0.0153. The third-order valence-electron chi connectivity index (χ3n) is 3.98. The van der Waals surface area contributed by atoms with Crippen LogP contribution in [-0.2, 0) is 42.8 Å². The molecule has 0 aromatic carbocycles. The van der Waals surface area contributed by atoms with Gasteiger partial charge < -0.3 is 28.4 Å². The summed E-state index contributed by atoms with van der Waals surface area (Å²) in [7, 11) is 0. The van der Waals surface area contributed by atoms with Crippen LogP contribution in [-0.4, -0.2) is 75.9 Å². The van der Waals surface area contributed by atoms with E-state index in [1.807, 2.05) is 0 Å². The number of epoxide rings is 3. The minimum atomic E-state index is -2.14. The van der Waals surface area contributed by atoms with Crippen molar-refractivity contribution in [3.63, 3.8) is 0 Å². The normalized spacial score (nSPS) is 29.1. The molecule has 0 saturated carbocycles. The first kappa shape index (κ1) is 17.1. The van der Waals surface area contributed by atoms with Gasteiger partial charge in [0.05, 0.1) is 19.8 Å². The Labute approximate surface area is 138 Å². The molecule has 3 atom stereocenters. The third kappa shape index (κ3) is 4.03. The van der Waals surface area contributed by atoms with Gasteiger partial charge in [-0.3, -0.25) is 14.4 Å². The van der Waals surface area contributed by atoms with E-state index in [1.165, 1.54) is 6.92 Å². The molecular weight excluding hydrogens is 324 g/mol. The Kier molecular flexibility index (Phi) is 5.02. The molecule has 3 aliphatic heterocycles. The molecule has 0 spiro atoms. The van der Waals surface area contributed by atoms with Crippen LogP contribution in [0.15, 0.2) is 0 Å². The van der Waals surface area contributed by atoms with E-state index in [0.29, 0.717) is 19.8 Å². The molecule has 3 saturated heterocycles. The number of carbonyl (C=O) groups is 3. The second kappa shape index (κ2) is 7.04. The molecule has 0 aromatic rings. The zero-order chi connectivity index (χ0) is 17.2. The molecule has 0 radical (unpaired) electrons. The molecule has 0 amide bonds. The van der Waals surface area contributed by atoms with E-state index < -0.39 is 23.3 Å². The predicted molar refractivity (Wildman–Crippen MR) is 74.8 cm³/mol. The van der Waals surface area contributed by atoms with Gasteiger partial charge in [0.15, 0.2) is 0 Å². The lowest BCUT2D eigenvalue weighted by atomic mass is 9.85. The van der Waals surface area contributed by atoms with Crippen molar-refractivity contribution >= 4 is 17.9 Å². The fourth-order valence-corrected chi connectivity index (χ4v) is 2.05. The van der Waals surface area contributed by atoms with E-state index in [0.717, 1.165) is 0 Å². The number of ether oxygens (including phenoxy) is 6. The standard InChI is InChI=1S/C15H20O9/c1-2-15(12(16)22-6-9-3-19-9,13(17)23-7-10-4-20-10)14(18)24-8-11-5-21-11/h9-11H,2-8H2,1H3. The Hall–Kier alpha value is -1.71. The Morgan fingerprint density at radius 3 is 1.29 bits per heavy atom. The number of carbonyl (C=O) groups excluding carboxylic acids is 3. The van der Waals surface area contributed by atoms with Gasteiger partial charge in [-0.05, 0) is 6.42 Å². The number of hydrogen-bond donors (Lipinski definition) is 0. The Morgan fingerprint density at radius 2 is 1.08 bits per heavy atom. The van der Waals surface area contributed by atoms with E-state index in [1.54, 1.807) is 0 Å². The van der Waals surface area contributed by atoms with Gasteiger partial charge in [-0.15, -0.1) is 0 Å². The zero-order valence-corrected chi connectivity index (χ0v) is 13.4. The maximum Gasteiger partial charge on any atom is 0.335 e. The second-order valence-electron chi connectivity index (χ2n) is 5.92. The maximum absolute atomic E-state index is 12.5. The van der Waals surface area contributed by atoms with Crippen molar-refractivity contribution in [1.29, 1.82) is 0 Å². The zero-order valence-electron chi connectivity index (χ0n) is 13.4. The summed E-state index contributed by atoms with van der Waals surface area (Å²) in [6.45, 7) is 2.94. The van der Waals surface area contributed by atoms with Crippen LogP contribution in [0, 0.1) is 5.41 Å². The summed E-state index contributed by atoms with van der Waals surface area (Å²) in [5.74, 6) is -2.95. The fraction of sp³-hybridized carbons (Fsp3) is 0.800. The van der Waals surface area contributed by atoms with Crippen LogP contribution >= 0.6 is 0 Å². The van der Waals surface area contributed by atoms with E-state index in [2.05, 4.69) is 0 Å². The highest BCUT2D eigenvalue weighted by atomic mass is 16.6. The van der Waals surface area contributed by atoms with Gasteiger partial charge in [-0.1, -0.05) is 6.92 Å². The van der Waals surface area contributed by atoms with E-state index in [-0.39, 0.29) is 44.6 Å². The van der Waals surface area contributed by atoms with Crippen LogP contribution in [0.4, 0.5) is 0 Å². The average molecular weight is 344 g/mol. The van der Waals surface area contributed by atoms with Gasteiger partial charge in [-0.25, -0.2) is 0 Å². The van der Waals surface area contributed by atoms with Crippen molar-refractivity contribution in [2.75, 3.05) is 39.6 Å².